The number of methoxy groups -OCH3 is 1. The molecule has 4 rings (SSSR count). The minimum Gasteiger partial charge on any atom is -0.496 e. The zero-order valence-corrected chi connectivity index (χ0v) is 14.5. The SMILES string of the molecule is COc1ccccc1-c1cc(C(F)(F)F)c2cnn(-c3ccc(F)cc3)c2n1. The molecule has 0 fully saturated rings. The van der Waals surface area contributed by atoms with Gasteiger partial charge < -0.3 is 4.74 Å². The summed E-state index contributed by atoms with van der Waals surface area (Å²) in [6.45, 7) is 0. The van der Waals surface area contributed by atoms with Crippen LogP contribution in [0.25, 0.3) is 28.0 Å². The van der Waals surface area contributed by atoms with Gasteiger partial charge in [-0.05, 0) is 42.5 Å². The molecule has 2 aromatic heterocycles. The highest BCUT2D eigenvalue weighted by Gasteiger charge is 2.35. The Morgan fingerprint density at radius 3 is 2.39 bits per heavy atom. The Balaban J connectivity index is 2.02. The molecule has 0 spiro atoms. The molecular weight excluding hydrogens is 374 g/mol. The minimum absolute atomic E-state index is 0.0161. The second-order valence-corrected chi connectivity index (χ2v) is 6.02. The number of rotatable bonds is 3. The molecule has 4 aromatic rings. The summed E-state index contributed by atoms with van der Waals surface area (Å²) in [5, 5.41) is 3.90. The van der Waals surface area contributed by atoms with Crippen molar-refractivity contribution in [2.75, 3.05) is 7.11 Å². The van der Waals surface area contributed by atoms with Crippen LogP contribution in [0.5, 0.6) is 5.75 Å². The first-order chi connectivity index (χ1) is 13.4. The number of pyridine rings is 1. The molecule has 142 valence electrons. The Bertz CT molecular complexity index is 1150. The van der Waals surface area contributed by atoms with E-state index in [2.05, 4.69) is 10.1 Å². The summed E-state index contributed by atoms with van der Waals surface area (Å²) in [5.74, 6) is -0.0609. The fourth-order valence-corrected chi connectivity index (χ4v) is 3.00. The number of benzene rings is 2. The lowest BCUT2D eigenvalue weighted by Crippen LogP contribution is -2.08. The van der Waals surface area contributed by atoms with Gasteiger partial charge >= 0.3 is 6.18 Å². The van der Waals surface area contributed by atoms with Gasteiger partial charge in [0.15, 0.2) is 5.65 Å². The van der Waals surface area contributed by atoms with Crippen LogP contribution in [0, 0.1) is 5.82 Å². The Kier molecular flexibility index (Phi) is 4.26. The van der Waals surface area contributed by atoms with Crippen LogP contribution in [0.4, 0.5) is 17.6 Å². The zero-order chi connectivity index (χ0) is 19.9. The van der Waals surface area contributed by atoms with Gasteiger partial charge in [0.2, 0.25) is 0 Å². The lowest BCUT2D eigenvalue weighted by atomic mass is 10.1. The third-order valence-corrected chi connectivity index (χ3v) is 4.30. The third kappa shape index (κ3) is 3.06. The Hall–Kier alpha value is -3.42. The average molecular weight is 387 g/mol. The van der Waals surface area contributed by atoms with Crippen molar-refractivity contribution < 1.29 is 22.3 Å². The summed E-state index contributed by atoms with van der Waals surface area (Å²) < 4.78 is 60.9. The van der Waals surface area contributed by atoms with Crippen LogP contribution in [-0.4, -0.2) is 21.9 Å². The van der Waals surface area contributed by atoms with E-state index in [1.54, 1.807) is 24.3 Å². The highest BCUT2D eigenvalue weighted by Crippen LogP contribution is 2.38. The Labute approximate surface area is 157 Å². The second-order valence-electron chi connectivity index (χ2n) is 6.02. The predicted octanol–water partition coefficient (Wildman–Crippen LogP) is 5.25. The van der Waals surface area contributed by atoms with E-state index in [0.717, 1.165) is 12.3 Å². The number of hydrogen-bond acceptors (Lipinski definition) is 3. The van der Waals surface area contributed by atoms with Gasteiger partial charge in [-0.1, -0.05) is 12.1 Å². The number of halogens is 4. The van der Waals surface area contributed by atoms with Gasteiger partial charge in [-0.25, -0.2) is 14.1 Å². The summed E-state index contributed by atoms with van der Waals surface area (Å²) in [5.41, 5.74) is 0.0775. The van der Waals surface area contributed by atoms with Crippen LogP contribution in [0.3, 0.4) is 0 Å². The molecule has 0 aliphatic heterocycles. The van der Waals surface area contributed by atoms with E-state index in [4.69, 9.17) is 4.74 Å². The normalized spacial score (nSPS) is 11.8. The van der Waals surface area contributed by atoms with Crippen molar-refractivity contribution >= 4 is 11.0 Å². The predicted molar refractivity (Wildman–Crippen MR) is 95.8 cm³/mol. The molecule has 0 aliphatic carbocycles. The van der Waals surface area contributed by atoms with Crippen molar-refractivity contribution in [2.45, 2.75) is 6.18 Å². The van der Waals surface area contributed by atoms with E-state index in [0.29, 0.717) is 17.0 Å². The van der Waals surface area contributed by atoms with Gasteiger partial charge in [-0.2, -0.15) is 18.3 Å². The maximum atomic E-state index is 13.7. The fourth-order valence-electron chi connectivity index (χ4n) is 3.00. The monoisotopic (exact) mass is 387 g/mol. The largest absolute Gasteiger partial charge is 0.496 e. The van der Waals surface area contributed by atoms with Crippen molar-refractivity contribution in [1.29, 1.82) is 0 Å². The van der Waals surface area contributed by atoms with Crippen LogP contribution in [0.2, 0.25) is 0 Å². The fraction of sp³-hybridized carbons (Fsp3) is 0.100. The summed E-state index contributed by atoms with van der Waals surface area (Å²) in [4.78, 5) is 4.41. The summed E-state index contributed by atoms with van der Waals surface area (Å²) >= 11 is 0. The van der Waals surface area contributed by atoms with E-state index in [1.807, 2.05) is 0 Å². The van der Waals surface area contributed by atoms with Crippen LogP contribution in [-0.2, 0) is 6.18 Å². The summed E-state index contributed by atoms with van der Waals surface area (Å²) in [6, 6.07) is 12.9. The van der Waals surface area contributed by atoms with Crippen molar-refractivity contribution in [3.63, 3.8) is 0 Å². The van der Waals surface area contributed by atoms with E-state index in [9.17, 15) is 17.6 Å². The summed E-state index contributed by atoms with van der Waals surface area (Å²) in [6.07, 6.45) is -3.49. The Morgan fingerprint density at radius 1 is 1.00 bits per heavy atom. The van der Waals surface area contributed by atoms with Crippen LogP contribution >= 0.6 is 0 Å². The third-order valence-electron chi connectivity index (χ3n) is 4.30. The number of ether oxygens (including phenoxy) is 1. The first-order valence-electron chi connectivity index (χ1n) is 8.24. The zero-order valence-electron chi connectivity index (χ0n) is 14.5. The van der Waals surface area contributed by atoms with Crippen molar-refractivity contribution in [3.8, 4) is 22.7 Å². The van der Waals surface area contributed by atoms with E-state index >= 15 is 0 Å². The molecule has 0 saturated heterocycles. The van der Waals surface area contributed by atoms with E-state index < -0.39 is 17.6 Å². The second kappa shape index (κ2) is 6.63. The number of alkyl halides is 3. The van der Waals surface area contributed by atoms with Gasteiger partial charge in [0.05, 0.1) is 35.6 Å². The first-order valence-corrected chi connectivity index (χ1v) is 8.24. The Morgan fingerprint density at radius 2 is 1.71 bits per heavy atom. The maximum absolute atomic E-state index is 13.7. The molecular formula is C20H13F4N3O. The molecule has 0 radical (unpaired) electrons. The van der Waals surface area contributed by atoms with Gasteiger partial charge in [0, 0.05) is 5.56 Å². The number of para-hydroxylation sites is 1. The smallest absolute Gasteiger partial charge is 0.417 e. The first kappa shape index (κ1) is 18.0. The molecule has 4 nitrogen and oxygen atoms in total. The summed E-state index contributed by atoms with van der Waals surface area (Å²) in [7, 11) is 1.44. The molecule has 2 aromatic carbocycles. The topological polar surface area (TPSA) is 39.9 Å². The molecule has 0 unspecified atom stereocenters. The van der Waals surface area contributed by atoms with Crippen LogP contribution < -0.4 is 4.74 Å². The number of hydrogen-bond donors (Lipinski definition) is 0. The highest BCUT2D eigenvalue weighted by atomic mass is 19.4. The molecule has 28 heavy (non-hydrogen) atoms. The molecule has 0 amide bonds. The quantitative estimate of drug-likeness (QED) is 0.451. The van der Waals surface area contributed by atoms with Crippen molar-refractivity contribution in [3.05, 3.63) is 72.2 Å². The van der Waals surface area contributed by atoms with Crippen LogP contribution in [0.15, 0.2) is 60.8 Å². The lowest BCUT2D eigenvalue weighted by Gasteiger charge is -2.13. The van der Waals surface area contributed by atoms with Crippen molar-refractivity contribution in [1.82, 2.24) is 14.8 Å². The minimum atomic E-state index is -4.60. The van der Waals surface area contributed by atoms with Gasteiger partial charge in [-0.15, -0.1) is 0 Å². The molecule has 0 saturated carbocycles. The van der Waals surface area contributed by atoms with Gasteiger partial charge in [0.1, 0.15) is 11.6 Å². The van der Waals surface area contributed by atoms with Crippen LogP contribution in [0.1, 0.15) is 5.56 Å². The number of aromatic nitrogens is 3. The maximum Gasteiger partial charge on any atom is 0.417 e. The molecule has 0 aliphatic rings. The number of fused-ring (bicyclic) bond motifs is 1. The average Bonchev–Trinajstić information content (AvgIpc) is 3.11. The number of nitrogens with zero attached hydrogens (tertiary/aromatic N) is 3. The van der Waals surface area contributed by atoms with E-state index in [-0.39, 0.29) is 16.7 Å². The molecule has 0 atom stereocenters. The molecule has 0 N–H and O–H groups in total. The lowest BCUT2D eigenvalue weighted by molar-refractivity contribution is -0.136. The van der Waals surface area contributed by atoms with Crippen molar-refractivity contribution in [2.24, 2.45) is 0 Å². The standard InChI is InChI=1S/C20H13F4N3O/c1-28-18-5-3-2-4-14(18)17-10-16(20(22,23)24)15-11-25-27(19(15)26-17)13-8-6-12(21)7-9-13/h2-11H,1H3. The van der Waals surface area contributed by atoms with E-state index in [1.165, 1.54) is 36.1 Å². The molecule has 8 heteroatoms. The molecule has 2 heterocycles. The van der Waals surface area contributed by atoms with Gasteiger partial charge in [-0.3, -0.25) is 0 Å². The highest BCUT2D eigenvalue weighted by molar-refractivity contribution is 5.85. The van der Waals surface area contributed by atoms with Gasteiger partial charge in [0.25, 0.3) is 0 Å². The molecule has 0 bridgehead atoms.